The number of unbranched alkanes of at least 4 members (excludes halogenated alkanes) is 5. The van der Waals surface area contributed by atoms with Crippen LogP contribution < -0.4 is 4.74 Å². The highest BCUT2D eigenvalue weighted by atomic mass is 16.5. The molecule has 1 aromatic rings. The van der Waals surface area contributed by atoms with Crippen LogP contribution in [0.2, 0.25) is 0 Å². The Morgan fingerprint density at radius 1 is 0.947 bits per heavy atom. The predicted molar refractivity (Wildman–Crippen MR) is 79.6 cm³/mol. The zero-order valence-electron chi connectivity index (χ0n) is 12.1. The van der Waals surface area contributed by atoms with Gasteiger partial charge in [0.1, 0.15) is 11.5 Å². The van der Waals surface area contributed by atoms with Crippen LogP contribution in [0.4, 0.5) is 0 Å². The number of Topliss-reactive ketones (excluding diaryl/α,β-unsaturated/α-hetero) is 1. The van der Waals surface area contributed by atoms with Crippen LogP contribution in [-0.4, -0.2) is 12.4 Å². The molecule has 0 spiro atoms. The van der Waals surface area contributed by atoms with Crippen LogP contribution >= 0.6 is 0 Å². The Balaban J connectivity index is 1.96. The lowest BCUT2D eigenvalue weighted by molar-refractivity contribution is -0.119. The molecule has 2 nitrogen and oxygen atoms in total. The van der Waals surface area contributed by atoms with Gasteiger partial charge in [-0.2, -0.15) is 0 Å². The quantitative estimate of drug-likeness (QED) is 0.537. The van der Waals surface area contributed by atoms with Gasteiger partial charge < -0.3 is 4.74 Å². The summed E-state index contributed by atoms with van der Waals surface area (Å²) in [5, 5.41) is 0. The normalized spacial score (nSPS) is 10.4. The van der Waals surface area contributed by atoms with Crippen LogP contribution in [0.1, 0.15) is 58.3 Å². The fraction of sp³-hybridized carbons (Fsp3) is 0.588. The summed E-state index contributed by atoms with van der Waals surface area (Å²) in [5.74, 6) is 1.17. The van der Waals surface area contributed by atoms with E-state index in [2.05, 4.69) is 6.92 Å². The molecule has 106 valence electrons. The van der Waals surface area contributed by atoms with Gasteiger partial charge in [-0.3, -0.25) is 4.79 Å². The molecule has 0 aromatic heterocycles. The molecular weight excluding hydrogens is 236 g/mol. The average Bonchev–Trinajstić information content (AvgIpc) is 2.44. The summed E-state index contributed by atoms with van der Waals surface area (Å²) in [6.45, 7) is 2.72. The molecule has 0 aliphatic carbocycles. The molecule has 19 heavy (non-hydrogen) atoms. The molecule has 0 aliphatic heterocycles. The largest absolute Gasteiger partial charge is 0.493 e. The fourth-order valence-electron chi connectivity index (χ4n) is 2.03. The number of benzene rings is 1. The number of hydrogen-bond acceptors (Lipinski definition) is 2. The molecule has 0 saturated carbocycles. The van der Waals surface area contributed by atoms with Gasteiger partial charge in [-0.1, -0.05) is 57.2 Å². The van der Waals surface area contributed by atoms with Crippen molar-refractivity contribution in [1.29, 1.82) is 0 Å². The summed E-state index contributed by atoms with van der Waals surface area (Å²) in [6.07, 6.45) is 8.63. The topological polar surface area (TPSA) is 26.3 Å². The first kappa shape index (κ1) is 15.7. The maximum absolute atomic E-state index is 11.6. The van der Waals surface area contributed by atoms with Crippen LogP contribution in [0.15, 0.2) is 30.3 Å². The minimum Gasteiger partial charge on any atom is -0.493 e. The first-order valence-corrected chi connectivity index (χ1v) is 7.52. The SMILES string of the molecule is CCCCCCCCC(=O)CCOc1ccccc1. The Bertz CT molecular complexity index is 332. The van der Waals surface area contributed by atoms with Crippen LogP contribution in [0, 0.1) is 0 Å². The van der Waals surface area contributed by atoms with Crippen molar-refractivity contribution in [3.05, 3.63) is 30.3 Å². The standard InChI is InChI=1S/C17H26O2/c1-2-3-4-5-6-8-11-16(18)14-15-19-17-12-9-7-10-13-17/h7,9-10,12-13H,2-6,8,11,14-15H2,1H3. The molecule has 0 N–H and O–H groups in total. The Hall–Kier alpha value is -1.31. The van der Waals surface area contributed by atoms with Crippen molar-refractivity contribution in [2.45, 2.75) is 58.3 Å². The minimum atomic E-state index is 0.325. The van der Waals surface area contributed by atoms with Gasteiger partial charge in [0.2, 0.25) is 0 Å². The van der Waals surface area contributed by atoms with Crippen LogP contribution in [0.25, 0.3) is 0 Å². The molecule has 0 radical (unpaired) electrons. The van der Waals surface area contributed by atoms with Crippen molar-refractivity contribution < 1.29 is 9.53 Å². The van der Waals surface area contributed by atoms with E-state index >= 15 is 0 Å². The molecule has 1 rings (SSSR count). The summed E-state index contributed by atoms with van der Waals surface area (Å²) >= 11 is 0. The highest BCUT2D eigenvalue weighted by molar-refractivity contribution is 5.78. The Labute approximate surface area is 117 Å². The molecular formula is C17H26O2. The number of carbonyl (C=O) groups is 1. The monoisotopic (exact) mass is 262 g/mol. The van der Waals surface area contributed by atoms with Gasteiger partial charge in [0.15, 0.2) is 0 Å². The second-order valence-electron chi connectivity index (χ2n) is 4.97. The Morgan fingerprint density at radius 3 is 2.37 bits per heavy atom. The second kappa shape index (κ2) is 10.6. The number of hydrogen-bond donors (Lipinski definition) is 0. The van der Waals surface area contributed by atoms with Gasteiger partial charge in [0.25, 0.3) is 0 Å². The maximum Gasteiger partial charge on any atom is 0.136 e. The highest BCUT2D eigenvalue weighted by Crippen LogP contribution is 2.10. The molecule has 0 atom stereocenters. The minimum absolute atomic E-state index is 0.325. The van der Waals surface area contributed by atoms with Crippen LogP contribution in [-0.2, 0) is 4.79 Å². The molecule has 0 fully saturated rings. The first-order chi connectivity index (χ1) is 9.33. The molecule has 2 heteroatoms. The van der Waals surface area contributed by atoms with Crippen molar-refractivity contribution in [2.24, 2.45) is 0 Å². The number of ketones is 1. The number of ether oxygens (including phenoxy) is 1. The van der Waals surface area contributed by atoms with E-state index in [1.165, 1.54) is 32.1 Å². The number of carbonyl (C=O) groups excluding carboxylic acids is 1. The third-order valence-electron chi connectivity index (χ3n) is 3.20. The zero-order valence-corrected chi connectivity index (χ0v) is 12.1. The molecule has 0 unspecified atom stereocenters. The van der Waals surface area contributed by atoms with E-state index < -0.39 is 0 Å². The van der Waals surface area contributed by atoms with E-state index in [-0.39, 0.29) is 0 Å². The van der Waals surface area contributed by atoms with Crippen LogP contribution in [0.5, 0.6) is 5.75 Å². The molecule has 0 heterocycles. The first-order valence-electron chi connectivity index (χ1n) is 7.52. The summed E-state index contributed by atoms with van der Waals surface area (Å²) in [7, 11) is 0. The van der Waals surface area contributed by atoms with E-state index in [4.69, 9.17) is 4.74 Å². The van der Waals surface area contributed by atoms with Gasteiger partial charge >= 0.3 is 0 Å². The third kappa shape index (κ3) is 8.41. The van der Waals surface area contributed by atoms with Crippen molar-refractivity contribution in [3.8, 4) is 5.75 Å². The van der Waals surface area contributed by atoms with Crippen molar-refractivity contribution in [2.75, 3.05) is 6.61 Å². The van der Waals surface area contributed by atoms with Gasteiger partial charge in [0.05, 0.1) is 6.61 Å². The van der Waals surface area contributed by atoms with Gasteiger partial charge in [-0.25, -0.2) is 0 Å². The van der Waals surface area contributed by atoms with Gasteiger partial charge in [-0.15, -0.1) is 0 Å². The van der Waals surface area contributed by atoms with E-state index in [1.807, 2.05) is 30.3 Å². The Morgan fingerprint density at radius 2 is 1.63 bits per heavy atom. The van der Waals surface area contributed by atoms with E-state index in [9.17, 15) is 4.79 Å². The summed E-state index contributed by atoms with van der Waals surface area (Å²) in [5.41, 5.74) is 0. The maximum atomic E-state index is 11.6. The lowest BCUT2D eigenvalue weighted by Gasteiger charge is -2.05. The lowest BCUT2D eigenvalue weighted by Crippen LogP contribution is -2.06. The third-order valence-corrected chi connectivity index (χ3v) is 3.20. The predicted octanol–water partition coefficient (Wildman–Crippen LogP) is 4.78. The highest BCUT2D eigenvalue weighted by Gasteiger charge is 2.02. The molecule has 0 saturated heterocycles. The van der Waals surface area contributed by atoms with Crippen molar-refractivity contribution in [1.82, 2.24) is 0 Å². The number of para-hydroxylation sites is 1. The van der Waals surface area contributed by atoms with E-state index in [0.29, 0.717) is 25.2 Å². The molecule has 0 amide bonds. The fourth-order valence-corrected chi connectivity index (χ4v) is 2.03. The smallest absolute Gasteiger partial charge is 0.136 e. The van der Waals surface area contributed by atoms with Crippen LogP contribution in [0.3, 0.4) is 0 Å². The molecule has 1 aromatic carbocycles. The summed E-state index contributed by atoms with van der Waals surface area (Å²) < 4.78 is 5.52. The molecule has 0 bridgehead atoms. The lowest BCUT2D eigenvalue weighted by atomic mass is 10.1. The van der Waals surface area contributed by atoms with Gasteiger partial charge in [0, 0.05) is 12.8 Å². The summed E-state index contributed by atoms with van der Waals surface area (Å²) in [6, 6.07) is 9.66. The van der Waals surface area contributed by atoms with Gasteiger partial charge in [-0.05, 0) is 18.6 Å². The number of rotatable bonds is 11. The van der Waals surface area contributed by atoms with Crippen molar-refractivity contribution in [3.63, 3.8) is 0 Å². The Kier molecular flexibility index (Phi) is 8.78. The van der Waals surface area contributed by atoms with E-state index in [0.717, 1.165) is 12.2 Å². The van der Waals surface area contributed by atoms with E-state index in [1.54, 1.807) is 0 Å². The van der Waals surface area contributed by atoms with Crippen molar-refractivity contribution >= 4 is 5.78 Å². The summed E-state index contributed by atoms with van der Waals surface area (Å²) in [4.78, 5) is 11.6. The second-order valence-corrected chi connectivity index (χ2v) is 4.97. The zero-order chi connectivity index (χ0) is 13.8. The molecule has 0 aliphatic rings. The average molecular weight is 262 g/mol.